The van der Waals surface area contributed by atoms with Crippen molar-refractivity contribution in [3.05, 3.63) is 48.0 Å². The van der Waals surface area contributed by atoms with E-state index in [0.29, 0.717) is 31.6 Å². The summed E-state index contributed by atoms with van der Waals surface area (Å²) in [6.07, 6.45) is 4.04. The van der Waals surface area contributed by atoms with Crippen molar-refractivity contribution in [1.82, 2.24) is 15.5 Å². The fourth-order valence-corrected chi connectivity index (χ4v) is 4.32. The molecule has 2 heterocycles. The maximum Gasteiger partial charge on any atom is 0.254 e. The summed E-state index contributed by atoms with van der Waals surface area (Å²) in [7, 11) is 0. The number of likely N-dealkylation sites (tertiary alicyclic amines) is 1. The molecule has 0 radical (unpaired) electrons. The van der Waals surface area contributed by atoms with Gasteiger partial charge in [0.1, 0.15) is 6.04 Å². The largest absolute Gasteiger partial charge is 0.354 e. The molecule has 2 aliphatic rings. The van der Waals surface area contributed by atoms with Gasteiger partial charge in [0.15, 0.2) is 0 Å². The minimum atomic E-state index is -0.464. The first-order valence-corrected chi connectivity index (χ1v) is 10.5. The minimum Gasteiger partial charge on any atom is -0.354 e. The van der Waals surface area contributed by atoms with Crippen LogP contribution < -0.4 is 10.6 Å². The molecule has 0 bridgehead atoms. The number of nitrogens with zero attached hydrogens (tertiary/aromatic N) is 1. The fraction of sp³-hybridized carbons (Fsp3) is 0.435. The smallest absolute Gasteiger partial charge is 0.254 e. The average molecular weight is 393 g/mol. The molecule has 2 saturated heterocycles. The maximum absolute atomic E-state index is 13.2. The molecular formula is C23H27N3O3. The summed E-state index contributed by atoms with van der Waals surface area (Å²) in [6, 6.07) is 13.1. The Morgan fingerprint density at radius 3 is 2.72 bits per heavy atom. The van der Waals surface area contributed by atoms with Crippen molar-refractivity contribution < 1.29 is 14.4 Å². The van der Waals surface area contributed by atoms with Crippen molar-refractivity contribution in [2.45, 2.75) is 38.1 Å². The molecule has 2 unspecified atom stereocenters. The number of piperidine rings is 1. The van der Waals surface area contributed by atoms with Gasteiger partial charge in [-0.1, -0.05) is 36.4 Å². The third kappa shape index (κ3) is 4.26. The van der Waals surface area contributed by atoms with E-state index in [2.05, 4.69) is 10.6 Å². The second-order valence-corrected chi connectivity index (χ2v) is 7.97. The number of rotatable bonds is 3. The topological polar surface area (TPSA) is 78.5 Å². The predicted molar refractivity (Wildman–Crippen MR) is 111 cm³/mol. The highest BCUT2D eigenvalue weighted by molar-refractivity contribution is 6.07. The lowest BCUT2D eigenvalue weighted by molar-refractivity contribution is -0.131. The van der Waals surface area contributed by atoms with E-state index in [1.54, 1.807) is 4.90 Å². The standard InChI is InChI=1S/C23H27N3O3/c27-21(25-20-12-3-4-13-24-22(20)28)17-9-6-14-26(15-17)23(29)19-11-5-8-16-7-1-2-10-18(16)19/h1-2,5,7-8,10-11,17,20H,3-4,6,9,12-15H2,(H,24,28)(H,25,27). The highest BCUT2D eigenvalue weighted by atomic mass is 16.2. The summed E-state index contributed by atoms with van der Waals surface area (Å²) in [5.41, 5.74) is 0.673. The number of fused-ring (bicyclic) bond motifs is 1. The molecule has 29 heavy (non-hydrogen) atoms. The molecule has 2 N–H and O–H groups in total. The molecule has 6 nitrogen and oxygen atoms in total. The van der Waals surface area contributed by atoms with E-state index in [1.165, 1.54) is 0 Å². The van der Waals surface area contributed by atoms with Gasteiger partial charge < -0.3 is 15.5 Å². The zero-order valence-electron chi connectivity index (χ0n) is 16.5. The van der Waals surface area contributed by atoms with Crippen molar-refractivity contribution >= 4 is 28.5 Å². The second-order valence-electron chi connectivity index (χ2n) is 7.97. The third-order valence-corrected chi connectivity index (χ3v) is 5.95. The second kappa shape index (κ2) is 8.64. The first-order valence-electron chi connectivity index (χ1n) is 10.5. The lowest BCUT2D eigenvalue weighted by atomic mass is 9.95. The lowest BCUT2D eigenvalue weighted by Gasteiger charge is -2.33. The number of hydrogen-bond donors (Lipinski definition) is 2. The Balaban J connectivity index is 1.45. The van der Waals surface area contributed by atoms with E-state index in [4.69, 9.17) is 0 Å². The van der Waals surface area contributed by atoms with Crippen molar-refractivity contribution in [2.75, 3.05) is 19.6 Å². The number of benzene rings is 2. The first-order chi connectivity index (χ1) is 14.1. The molecule has 2 aromatic carbocycles. The summed E-state index contributed by atoms with van der Waals surface area (Å²) in [5, 5.41) is 7.73. The third-order valence-electron chi connectivity index (χ3n) is 5.95. The number of carbonyl (C=O) groups is 3. The van der Waals surface area contributed by atoms with Crippen LogP contribution >= 0.6 is 0 Å². The Labute approximate surface area is 170 Å². The van der Waals surface area contributed by atoms with Crippen LogP contribution in [0.4, 0.5) is 0 Å². The first kappa shape index (κ1) is 19.4. The highest BCUT2D eigenvalue weighted by Gasteiger charge is 2.32. The maximum atomic E-state index is 13.2. The molecule has 3 amide bonds. The Kier molecular flexibility index (Phi) is 5.79. The van der Waals surface area contributed by atoms with Crippen LogP contribution in [0.1, 0.15) is 42.5 Å². The molecule has 0 saturated carbocycles. The van der Waals surface area contributed by atoms with E-state index < -0.39 is 6.04 Å². The van der Waals surface area contributed by atoms with E-state index in [0.717, 1.165) is 36.5 Å². The van der Waals surface area contributed by atoms with Gasteiger partial charge in [-0.2, -0.15) is 0 Å². The molecule has 0 aromatic heterocycles. The van der Waals surface area contributed by atoms with Crippen molar-refractivity contribution in [3.8, 4) is 0 Å². The summed E-state index contributed by atoms with van der Waals surface area (Å²) in [5.74, 6) is -0.539. The Morgan fingerprint density at radius 2 is 1.83 bits per heavy atom. The van der Waals surface area contributed by atoms with Gasteiger partial charge in [0.05, 0.1) is 5.92 Å². The van der Waals surface area contributed by atoms with Crippen LogP contribution in [0, 0.1) is 5.92 Å². The number of nitrogens with one attached hydrogen (secondary N) is 2. The van der Waals surface area contributed by atoms with Crippen LogP contribution in [0.3, 0.4) is 0 Å². The van der Waals surface area contributed by atoms with E-state index in [1.807, 2.05) is 42.5 Å². The van der Waals surface area contributed by atoms with Gasteiger partial charge in [0.2, 0.25) is 11.8 Å². The van der Waals surface area contributed by atoms with E-state index in [9.17, 15) is 14.4 Å². The summed E-state index contributed by atoms with van der Waals surface area (Å²) in [6.45, 7) is 1.71. The van der Waals surface area contributed by atoms with Gasteiger partial charge >= 0.3 is 0 Å². The molecule has 0 aliphatic carbocycles. The lowest BCUT2D eigenvalue weighted by Crippen LogP contribution is -2.51. The number of amides is 3. The zero-order chi connectivity index (χ0) is 20.2. The van der Waals surface area contributed by atoms with Gasteiger partial charge in [-0.3, -0.25) is 14.4 Å². The SMILES string of the molecule is O=C(NC1CCCCNC1=O)C1CCCN(C(=O)c2cccc3ccccc23)C1. The van der Waals surface area contributed by atoms with Crippen molar-refractivity contribution in [3.63, 3.8) is 0 Å². The quantitative estimate of drug-likeness (QED) is 0.841. The van der Waals surface area contributed by atoms with Crippen LogP contribution in [0.25, 0.3) is 10.8 Å². The summed E-state index contributed by atoms with van der Waals surface area (Å²) >= 11 is 0. The van der Waals surface area contributed by atoms with Crippen LogP contribution in [0.2, 0.25) is 0 Å². The Bertz CT molecular complexity index is 921. The van der Waals surface area contributed by atoms with Gasteiger partial charge in [0, 0.05) is 25.2 Å². The Hall–Kier alpha value is -2.89. The van der Waals surface area contributed by atoms with E-state index >= 15 is 0 Å². The molecule has 152 valence electrons. The van der Waals surface area contributed by atoms with Crippen LogP contribution in [0.5, 0.6) is 0 Å². The highest BCUT2D eigenvalue weighted by Crippen LogP contribution is 2.24. The molecule has 2 atom stereocenters. The van der Waals surface area contributed by atoms with Gasteiger partial charge in [-0.25, -0.2) is 0 Å². The van der Waals surface area contributed by atoms with Crippen LogP contribution in [0.15, 0.2) is 42.5 Å². The van der Waals surface area contributed by atoms with Crippen molar-refractivity contribution in [2.24, 2.45) is 5.92 Å². The fourth-order valence-electron chi connectivity index (χ4n) is 4.32. The average Bonchev–Trinajstić information content (AvgIpc) is 2.97. The van der Waals surface area contributed by atoms with Gasteiger partial charge in [0.25, 0.3) is 5.91 Å². The van der Waals surface area contributed by atoms with Crippen LogP contribution in [-0.4, -0.2) is 48.3 Å². The summed E-state index contributed by atoms with van der Waals surface area (Å²) in [4.78, 5) is 39.9. The minimum absolute atomic E-state index is 0.0356. The molecule has 2 aliphatic heterocycles. The molecule has 6 heteroatoms. The Morgan fingerprint density at radius 1 is 1.00 bits per heavy atom. The number of hydrogen-bond acceptors (Lipinski definition) is 3. The molecule has 0 spiro atoms. The molecule has 2 fully saturated rings. The normalized spacial score (nSPS) is 22.6. The monoisotopic (exact) mass is 393 g/mol. The number of carbonyl (C=O) groups excluding carboxylic acids is 3. The summed E-state index contributed by atoms with van der Waals surface area (Å²) < 4.78 is 0. The molecule has 4 rings (SSSR count). The van der Waals surface area contributed by atoms with Gasteiger partial charge in [-0.05, 0) is 48.9 Å². The zero-order valence-corrected chi connectivity index (χ0v) is 16.5. The van der Waals surface area contributed by atoms with E-state index in [-0.39, 0.29) is 23.6 Å². The van der Waals surface area contributed by atoms with Gasteiger partial charge in [-0.15, -0.1) is 0 Å². The molecular weight excluding hydrogens is 366 g/mol. The predicted octanol–water partition coefficient (Wildman–Crippen LogP) is 2.48. The molecule has 2 aromatic rings. The van der Waals surface area contributed by atoms with Crippen molar-refractivity contribution in [1.29, 1.82) is 0 Å². The van der Waals surface area contributed by atoms with Crippen LogP contribution in [-0.2, 0) is 9.59 Å².